The van der Waals surface area contributed by atoms with Gasteiger partial charge in [-0.05, 0) is 12.1 Å². The number of guanidine groups is 1. The smallest absolute Gasteiger partial charge is 0.248 e. The fourth-order valence-corrected chi connectivity index (χ4v) is 1.56. The number of halogens is 1. The normalized spacial score (nSPS) is 18.7. The molecule has 1 aromatic carbocycles. The number of aromatic hydroxyl groups is 1. The quantitative estimate of drug-likeness (QED) is 0.604. The van der Waals surface area contributed by atoms with Gasteiger partial charge in [0.15, 0.2) is 5.96 Å². The first-order valence-corrected chi connectivity index (χ1v) is 5.38. The summed E-state index contributed by atoms with van der Waals surface area (Å²) in [4.78, 5) is 15.0. The molecule has 96 valence electrons. The van der Waals surface area contributed by atoms with Gasteiger partial charge in [-0.25, -0.2) is 9.38 Å². The van der Waals surface area contributed by atoms with Crippen LogP contribution >= 0.6 is 0 Å². The van der Waals surface area contributed by atoms with E-state index in [2.05, 4.69) is 15.6 Å². The van der Waals surface area contributed by atoms with Gasteiger partial charge in [-0.2, -0.15) is 0 Å². The van der Waals surface area contributed by atoms with E-state index in [-0.39, 0.29) is 24.4 Å². The van der Waals surface area contributed by atoms with Gasteiger partial charge in [-0.1, -0.05) is 0 Å². The van der Waals surface area contributed by atoms with E-state index in [0.717, 1.165) is 0 Å². The molecule has 0 aromatic heterocycles. The highest BCUT2D eigenvalue weighted by Gasteiger charge is 2.14. The first kappa shape index (κ1) is 12.2. The fourth-order valence-electron chi connectivity index (χ4n) is 1.56. The van der Waals surface area contributed by atoms with Crippen LogP contribution in [0.2, 0.25) is 0 Å². The first-order valence-electron chi connectivity index (χ1n) is 5.38. The lowest BCUT2D eigenvalue weighted by Gasteiger charge is -2.18. The molecule has 0 spiro atoms. The van der Waals surface area contributed by atoms with Crippen LogP contribution in [0, 0.1) is 0 Å². The number of benzene rings is 1. The molecule has 2 rings (SSSR count). The van der Waals surface area contributed by atoms with E-state index < -0.39 is 12.1 Å². The number of nitrogens with zero attached hydrogens (tertiary/aromatic N) is 1. The second-order valence-corrected chi connectivity index (χ2v) is 3.93. The molecule has 6 nitrogen and oxygen atoms in total. The van der Waals surface area contributed by atoms with Crippen LogP contribution in [0.4, 0.5) is 10.1 Å². The third-order valence-electron chi connectivity index (χ3n) is 2.40. The van der Waals surface area contributed by atoms with Crippen LogP contribution in [0.1, 0.15) is 10.4 Å². The van der Waals surface area contributed by atoms with Crippen molar-refractivity contribution in [3.63, 3.8) is 0 Å². The monoisotopic (exact) mass is 252 g/mol. The number of anilines is 1. The van der Waals surface area contributed by atoms with Crippen molar-refractivity contribution in [1.82, 2.24) is 5.32 Å². The van der Waals surface area contributed by atoms with Gasteiger partial charge in [-0.3, -0.25) is 4.79 Å². The lowest BCUT2D eigenvalue weighted by Crippen LogP contribution is -2.40. The number of rotatable bonds is 2. The molecule has 0 fully saturated rings. The number of aliphatic imine (C=N–C) groups is 1. The minimum Gasteiger partial charge on any atom is -0.508 e. The first-order chi connectivity index (χ1) is 8.54. The van der Waals surface area contributed by atoms with E-state index in [1.807, 2.05) is 0 Å². The molecular formula is C11H13FN4O2. The summed E-state index contributed by atoms with van der Waals surface area (Å²) in [7, 11) is 0. The molecule has 0 saturated heterocycles. The van der Waals surface area contributed by atoms with Gasteiger partial charge in [0.25, 0.3) is 0 Å². The minimum absolute atomic E-state index is 0.0802. The van der Waals surface area contributed by atoms with Crippen molar-refractivity contribution in [2.75, 3.05) is 18.4 Å². The highest BCUT2D eigenvalue weighted by molar-refractivity contribution is 5.98. The van der Waals surface area contributed by atoms with Crippen molar-refractivity contribution in [1.29, 1.82) is 0 Å². The Bertz CT molecular complexity index is 504. The maximum Gasteiger partial charge on any atom is 0.248 e. The van der Waals surface area contributed by atoms with Crippen molar-refractivity contribution in [3.8, 4) is 5.75 Å². The molecule has 0 aliphatic carbocycles. The van der Waals surface area contributed by atoms with E-state index >= 15 is 0 Å². The average Bonchev–Trinajstić information content (AvgIpc) is 2.31. The van der Waals surface area contributed by atoms with Crippen LogP contribution in [0.3, 0.4) is 0 Å². The standard InChI is InChI=1S/C11H13FN4O2/c12-7-4-14-11(15-5-7)16-8-1-6(10(13)18)2-9(17)3-8/h1-3,7,17H,4-5H2,(H2,13,18)(H2,14,15,16). The Morgan fingerprint density at radius 3 is 2.94 bits per heavy atom. The number of nitrogens with two attached hydrogens (primary N) is 1. The van der Waals surface area contributed by atoms with Gasteiger partial charge >= 0.3 is 0 Å². The van der Waals surface area contributed by atoms with Crippen LogP contribution in [-0.2, 0) is 0 Å². The van der Waals surface area contributed by atoms with Crippen molar-refractivity contribution < 1.29 is 14.3 Å². The highest BCUT2D eigenvalue weighted by Crippen LogP contribution is 2.19. The molecule has 0 radical (unpaired) electrons. The van der Waals surface area contributed by atoms with Crippen LogP contribution in [-0.4, -0.2) is 36.2 Å². The molecule has 1 aromatic rings. The predicted molar refractivity (Wildman–Crippen MR) is 65.4 cm³/mol. The Hall–Kier alpha value is -2.31. The zero-order valence-electron chi connectivity index (χ0n) is 9.48. The number of amides is 1. The molecule has 0 bridgehead atoms. The molecule has 1 aliphatic heterocycles. The molecular weight excluding hydrogens is 239 g/mol. The fraction of sp³-hybridized carbons (Fsp3) is 0.273. The molecule has 0 saturated carbocycles. The zero-order valence-corrected chi connectivity index (χ0v) is 9.48. The number of phenols is 1. The Labute approximate surface area is 103 Å². The topological polar surface area (TPSA) is 99.7 Å². The molecule has 1 aliphatic rings. The molecule has 1 unspecified atom stereocenters. The van der Waals surface area contributed by atoms with Crippen molar-refractivity contribution >= 4 is 17.6 Å². The number of phenolic OH excluding ortho intramolecular Hbond substituents is 1. The summed E-state index contributed by atoms with van der Waals surface area (Å²) < 4.78 is 12.8. The molecule has 5 N–H and O–H groups in total. The number of carbonyl (C=O) groups is 1. The SMILES string of the molecule is NC(=O)c1cc(O)cc(NC2=NCC(F)CN2)c1. The van der Waals surface area contributed by atoms with Gasteiger partial charge in [0.1, 0.15) is 11.9 Å². The average molecular weight is 252 g/mol. The van der Waals surface area contributed by atoms with Gasteiger partial charge in [0.05, 0.1) is 13.1 Å². The third-order valence-corrected chi connectivity index (χ3v) is 2.40. The minimum atomic E-state index is -0.999. The molecule has 1 heterocycles. The summed E-state index contributed by atoms with van der Waals surface area (Å²) in [5.74, 6) is -0.338. The number of hydrogen-bond acceptors (Lipinski definition) is 5. The summed E-state index contributed by atoms with van der Waals surface area (Å²) in [6.07, 6.45) is -0.999. The van der Waals surface area contributed by atoms with Gasteiger partial charge in [0.2, 0.25) is 5.91 Å². The van der Waals surface area contributed by atoms with E-state index in [4.69, 9.17) is 5.73 Å². The van der Waals surface area contributed by atoms with Gasteiger partial charge in [0, 0.05) is 17.3 Å². The summed E-state index contributed by atoms with van der Waals surface area (Å²) >= 11 is 0. The lowest BCUT2D eigenvalue weighted by atomic mass is 10.2. The largest absolute Gasteiger partial charge is 0.508 e. The molecule has 1 amide bonds. The van der Waals surface area contributed by atoms with E-state index in [0.29, 0.717) is 11.6 Å². The zero-order chi connectivity index (χ0) is 13.1. The Kier molecular flexibility index (Phi) is 3.31. The molecule has 1 atom stereocenters. The number of hydrogen-bond donors (Lipinski definition) is 4. The van der Waals surface area contributed by atoms with Crippen LogP contribution in [0.15, 0.2) is 23.2 Å². The molecule has 18 heavy (non-hydrogen) atoms. The second kappa shape index (κ2) is 4.91. The predicted octanol–water partition coefficient (Wildman–Crippen LogP) is 0.200. The van der Waals surface area contributed by atoms with Crippen molar-refractivity contribution in [2.24, 2.45) is 10.7 Å². The number of primary amides is 1. The maximum absolute atomic E-state index is 12.8. The van der Waals surface area contributed by atoms with E-state index in [1.54, 1.807) is 0 Å². The van der Waals surface area contributed by atoms with Crippen molar-refractivity contribution in [2.45, 2.75) is 6.17 Å². The number of alkyl halides is 1. The van der Waals surface area contributed by atoms with Gasteiger partial charge in [-0.15, -0.1) is 0 Å². The summed E-state index contributed by atoms with van der Waals surface area (Å²) in [5, 5.41) is 15.0. The van der Waals surface area contributed by atoms with E-state index in [9.17, 15) is 14.3 Å². The lowest BCUT2D eigenvalue weighted by molar-refractivity contribution is 0.1000. The third kappa shape index (κ3) is 2.88. The second-order valence-electron chi connectivity index (χ2n) is 3.93. The Balaban J connectivity index is 2.16. The number of nitrogens with one attached hydrogen (secondary N) is 2. The Morgan fingerprint density at radius 2 is 2.33 bits per heavy atom. The summed E-state index contributed by atoms with van der Waals surface area (Å²) in [6.45, 7) is 0.254. The maximum atomic E-state index is 12.8. The van der Waals surface area contributed by atoms with Crippen LogP contribution in [0.5, 0.6) is 5.75 Å². The highest BCUT2D eigenvalue weighted by atomic mass is 19.1. The summed E-state index contributed by atoms with van der Waals surface area (Å²) in [6, 6.07) is 4.16. The van der Waals surface area contributed by atoms with Crippen LogP contribution in [0.25, 0.3) is 0 Å². The Morgan fingerprint density at radius 1 is 1.56 bits per heavy atom. The van der Waals surface area contributed by atoms with E-state index in [1.165, 1.54) is 18.2 Å². The number of carbonyl (C=O) groups excluding carboxylic acids is 1. The van der Waals surface area contributed by atoms with Gasteiger partial charge < -0.3 is 21.5 Å². The molecule has 7 heteroatoms. The summed E-state index contributed by atoms with van der Waals surface area (Å²) in [5.41, 5.74) is 5.76. The van der Waals surface area contributed by atoms with Crippen LogP contribution < -0.4 is 16.4 Å². The van der Waals surface area contributed by atoms with Crippen molar-refractivity contribution in [3.05, 3.63) is 23.8 Å².